The zero-order chi connectivity index (χ0) is 21.0. The Bertz CT molecular complexity index is 995. The topological polar surface area (TPSA) is 45.7 Å². The number of carbonyl (C=O) groups is 1. The summed E-state index contributed by atoms with van der Waals surface area (Å²) in [7, 11) is 1.65. The third-order valence-corrected chi connectivity index (χ3v) is 6.40. The molecule has 0 radical (unpaired) electrons. The number of hydrogen-bond acceptors (Lipinski definition) is 5. The first-order valence-electron chi connectivity index (χ1n) is 10.0. The lowest BCUT2D eigenvalue weighted by Crippen LogP contribution is -2.38. The van der Waals surface area contributed by atoms with Gasteiger partial charge in [0.2, 0.25) is 0 Å². The zero-order valence-corrected chi connectivity index (χ0v) is 18.7. The Labute approximate surface area is 176 Å². The maximum atomic E-state index is 13.5. The minimum absolute atomic E-state index is 0.0155. The van der Waals surface area contributed by atoms with E-state index < -0.39 is 0 Å². The second kappa shape index (κ2) is 9.37. The SMILES string of the molecule is CCN(CC)CCN(C(=O)c1ccc(C)c(C)c1)c1nc2c(OC)cccc2s1. The molecule has 0 saturated heterocycles. The van der Waals surface area contributed by atoms with Gasteiger partial charge in [-0.05, 0) is 62.3 Å². The number of anilines is 1. The molecular weight excluding hydrogens is 382 g/mol. The Kier molecular flexibility index (Phi) is 6.87. The van der Waals surface area contributed by atoms with Crippen molar-refractivity contribution in [3.63, 3.8) is 0 Å². The van der Waals surface area contributed by atoms with Crippen molar-refractivity contribution >= 4 is 32.6 Å². The van der Waals surface area contributed by atoms with Gasteiger partial charge in [0.05, 0.1) is 11.8 Å². The first-order valence-corrected chi connectivity index (χ1v) is 10.8. The number of aryl methyl sites for hydroxylation is 2. The van der Waals surface area contributed by atoms with Gasteiger partial charge in [-0.15, -0.1) is 0 Å². The molecule has 1 heterocycles. The maximum Gasteiger partial charge on any atom is 0.260 e. The van der Waals surface area contributed by atoms with E-state index in [4.69, 9.17) is 9.72 Å². The molecule has 2 aromatic carbocycles. The van der Waals surface area contributed by atoms with Gasteiger partial charge in [0.15, 0.2) is 5.13 Å². The van der Waals surface area contributed by atoms with Crippen LogP contribution in [0.1, 0.15) is 35.3 Å². The van der Waals surface area contributed by atoms with E-state index in [9.17, 15) is 4.79 Å². The molecular formula is C23H29N3O2S. The number of para-hydroxylation sites is 1. The Morgan fingerprint density at radius 3 is 2.48 bits per heavy atom. The standard InChI is InChI=1S/C23H29N3O2S/c1-6-25(7-2)13-14-26(22(27)18-12-11-16(3)17(4)15-18)23-24-21-19(28-5)9-8-10-20(21)29-23/h8-12,15H,6-7,13-14H2,1-5H3. The van der Waals surface area contributed by atoms with Crippen molar-refractivity contribution in [3.05, 3.63) is 53.1 Å². The number of hydrogen-bond donors (Lipinski definition) is 0. The molecule has 0 unspecified atom stereocenters. The molecule has 0 saturated carbocycles. The van der Waals surface area contributed by atoms with E-state index in [1.54, 1.807) is 7.11 Å². The van der Waals surface area contributed by atoms with E-state index in [1.807, 2.05) is 48.2 Å². The van der Waals surface area contributed by atoms with Crippen molar-refractivity contribution in [3.8, 4) is 5.75 Å². The predicted molar refractivity (Wildman–Crippen MR) is 122 cm³/mol. The molecule has 1 amide bonds. The van der Waals surface area contributed by atoms with Crippen LogP contribution in [0.3, 0.4) is 0 Å². The monoisotopic (exact) mass is 411 g/mol. The highest BCUT2D eigenvalue weighted by Gasteiger charge is 2.23. The zero-order valence-electron chi connectivity index (χ0n) is 17.9. The number of carbonyl (C=O) groups excluding carboxylic acids is 1. The average Bonchev–Trinajstić information content (AvgIpc) is 3.16. The van der Waals surface area contributed by atoms with E-state index in [2.05, 4.69) is 25.7 Å². The molecule has 3 aromatic rings. The van der Waals surface area contributed by atoms with Gasteiger partial charge in [-0.25, -0.2) is 4.98 Å². The Morgan fingerprint density at radius 2 is 1.83 bits per heavy atom. The van der Waals surface area contributed by atoms with Gasteiger partial charge in [-0.1, -0.05) is 37.3 Å². The van der Waals surface area contributed by atoms with Crippen LogP contribution in [-0.2, 0) is 0 Å². The molecule has 29 heavy (non-hydrogen) atoms. The van der Waals surface area contributed by atoms with Crippen LogP contribution >= 0.6 is 11.3 Å². The molecule has 0 bridgehead atoms. The number of methoxy groups -OCH3 is 1. The van der Waals surface area contributed by atoms with Crippen molar-refractivity contribution in [2.75, 3.05) is 38.2 Å². The summed E-state index contributed by atoms with van der Waals surface area (Å²) < 4.78 is 6.47. The lowest BCUT2D eigenvalue weighted by Gasteiger charge is -2.25. The first kappa shape index (κ1) is 21.3. The summed E-state index contributed by atoms with van der Waals surface area (Å²) in [4.78, 5) is 22.4. The predicted octanol–water partition coefficient (Wildman–Crippen LogP) is 4.91. The summed E-state index contributed by atoms with van der Waals surface area (Å²) in [5.74, 6) is 0.714. The summed E-state index contributed by atoms with van der Waals surface area (Å²) >= 11 is 1.53. The van der Waals surface area contributed by atoms with E-state index in [0.717, 1.165) is 41.2 Å². The van der Waals surface area contributed by atoms with Gasteiger partial charge < -0.3 is 9.64 Å². The first-order chi connectivity index (χ1) is 14.0. The van der Waals surface area contributed by atoms with Crippen LogP contribution < -0.4 is 9.64 Å². The van der Waals surface area contributed by atoms with Gasteiger partial charge in [0.1, 0.15) is 11.3 Å². The van der Waals surface area contributed by atoms with Crippen molar-refractivity contribution < 1.29 is 9.53 Å². The molecule has 0 atom stereocenters. The third-order valence-electron chi connectivity index (χ3n) is 5.35. The van der Waals surface area contributed by atoms with Gasteiger partial charge >= 0.3 is 0 Å². The second-order valence-corrected chi connectivity index (χ2v) is 8.10. The van der Waals surface area contributed by atoms with Crippen LogP contribution in [0, 0.1) is 13.8 Å². The third kappa shape index (κ3) is 4.60. The number of rotatable bonds is 8. The summed E-state index contributed by atoms with van der Waals surface area (Å²) in [6.45, 7) is 11.7. The van der Waals surface area contributed by atoms with Crippen LogP contribution in [-0.4, -0.2) is 49.1 Å². The van der Waals surface area contributed by atoms with Gasteiger partial charge in [-0.3, -0.25) is 9.69 Å². The minimum Gasteiger partial charge on any atom is -0.494 e. The number of ether oxygens (including phenoxy) is 1. The Balaban J connectivity index is 2.00. The molecule has 0 fully saturated rings. The van der Waals surface area contributed by atoms with Crippen LogP contribution in [0.25, 0.3) is 10.2 Å². The quantitative estimate of drug-likeness (QED) is 0.528. The summed E-state index contributed by atoms with van der Waals surface area (Å²) in [6.07, 6.45) is 0. The van der Waals surface area contributed by atoms with Crippen LogP contribution in [0.15, 0.2) is 36.4 Å². The molecule has 0 spiro atoms. The highest BCUT2D eigenvalue weighted by Crippen LogP contribution is 2.34. The van der Waals surface area contributed by atoms with E-state index in [0.29, 0.717) is 17.2 Å². The Hall–Kier alpha value is -2.44. The molecule has 3 rings (SSSR count). The van der Waals surface area contributed by atoms with Gasteiger partial charge in [0.25, 0.3) is 5.91 Å². The molecule has 6 heteroatoms. The number of aromatic nitrogens is 1. The fraction of sp³-hybridized carbons (Fsp3) is 0.391. The fourth-order valence-electron chi connectivity index (χ4n) is 3.29. The summed E-state index contributed by atoms with van der Waals surface area (Å²) in [5.41, 5.74) is 3.79. The largest absolute Gasteiger partial charge is 0.494 e. The Morgan fingerprint density at radius 1 is 1.07 bits per heavy atom. The molecule has 0 aliphatic carbocycles. The van der Waals surface area contributed by atoms with Gasteiger partial charge in [0, 0.05) is 18.7 Å². The molecule has 1 aromatic heterocycles. The van der Waals surface area contributed by atoms with Crippen LogP contribution in [0.4, 0.5) is 5.13 Å². The average molecular weight is 412 g/mol. The van der Waals surface area contributed by atoms with E-state index >= 15 is 0 Å². The summed E-state index contributed by atoms with van der Waals surface area (Å²) in [5, 5.41) is 0.708. The smallest absolute Gasteiger partial charge is 0.260 e. The number of fused-ring (bicyclic) bond motifs is 1. The van der Waals surface area contributed by atoms with E-state index in [-0.39, 0.29) is 5.91 Å². The molecule has 0 N–H and O–H groups in total. The van der Waals surface area contributed by atoms with E-state index in [1.165, 1.54) is 16.9 Å². The second-order valence-electron chi connectivity index (χ2n) is 7.09. The lowest BCUT2D eigenvalue weighted by molar-refractivity contribution is 0.0983. The number of nitrogens with zero attached hydrogens (tertiary/aromatic N) is 3. The number of thiazole rings is 1. The number of benzene rings is 2. The fourth-order valence-corrected chi connectivity index (χ4v) is 4.29. The van der Waals surface area contributed by atoms with Gasteiger partial charge in [-0.2, -0.15) is 0 Å². The highest BCUT2D eigenvalue weighted by atomic mass is 32.1. The summed E-state index contributed by atoms with van der Waals surface area (Å²) in [6, 6.07) is 11.7. The lowest BCUT2D eigenvalue weighted by atomic mass is 10.1. The van der Waals surface area contributed by atoms with Crippen molar-refractivity contribution in [1.82, 2.24) is 9.88 Å². The number of amides is 1. The molecule has 154 valence electrons. The van der Waals surface area contributed by atoms with Crippen molar-refractivity contribution in [2.24, 2.45) is 0 Å². The molecule has 5 nitrogen and oxygen atoms in total. The van der Waals surface area contributed by atoms with Crippen molar-refractivity contribution in [1.29, 1.82) is 0 Å². The van der Waals surface area contributed by atoms with Crippen molar-refractivity contribution in [2.45, 2.75) is 27.7 Å². The van der Waals surface area contributed by atoms with Crippen LogP contribution in [0.2, 0.25) is 0 Å². The molecule has 0 aliphatic heterocycles. The maximum absolute atomic E-state index is 13.5. The number of likely N-dealkylation sites (N-methyl/N-ethyl adjacent to an activating group) is 1. The van der Waals surface area contributed by atoms with Crippen LogP contribution in [0.5, 0.6) is 5.75 Å². The minimum atomic E-state index is -0.0155. The normalized spacial score (nSPS) is 11.2. The molecule has 0 aliphatic rings. The highest BCUT2D eigenvalue weighted by molar-refractivity contribution is 7.22.